The Bertz CT molecular complexity index is 1710. The molecule has 198 valence electrons. The van der Waals surface area contributed by atoms with E-state index in [9.17, 15) is 13.9 Å². The number of ether oxygens (including phenoxy) is 1. The van der Waals surface area contributed by atoms with Gasteiger partial charge >= 0.3 is 0 Å². The van der Waals surface area contributed by atoms with Crippen LogP contribution in [0.1, 0.15) is 25.0 Å². The molecule has 0 spiro atoms. The summed E-state index contributed by atoms with van der Waals surface area (Å²) < 4.78 is 35.7. The smallest absolute Gasteiger partial charge is 0.299 e. The zero-order valence-electron chi connectivity index (χ0n) is 21.7. The molecule has 2 N–H and O–H groups in total. The molecule has 4 heterocycles. The van der Waals surface area contributed by atoms with Crippen molar-refractivity contribution in [1.29, 1.82) is 0 Å². The van der Waals surface area contributed by atoms with Gasteiger partial charge in [-0.3, -0.25) is 9.55 Å². The van der Waals surface area contributed by atoms with Crippen LogP contribution >= 0.6 is 0 Å². The van der Waals surface area contributed by atoms with Crippen LogP contribution in [0, 0.1) is 18.6 Å². The molecule has 0 saturated carbocycles. The molecule has 3 aromatic heterocycles. The Morgan fingerprint density at radius 1 is 1.00 bits per heavy atom. The molecule has 1 aliphatic rings. The first-order valence-electron chi connectivity index (χ1n) is 12.6. The van der Waals surface area contributed by atoms with Crippen LogP contribution in [0.15, 0.2) is 54.9 Å². The van der Waals surface area contributed by atoms with Crippen LogP contribution in [0.5, 0.6) is 11.8 Å². The molecular weight excluding hydrogens is 502 g/mol. The first-order valence-corrected chi connectivity index (χ1v) is 12.6. The molecule has 6 rings (SSSR count). The summed E-state index contributed by atoms with van der Waals surface area (Å²) in [7, 11) is 0. The number of nitrogens with one attached hydrogen (secondary N) is 1. The zero-order chi connectivity index (χ0) is 27.3. The Hall–Kier alpha value is -4.60. The van der Waals surface area contributed by atoms with E-state index in [0.29, 0.717) is 65.1 Å². The number of halogens is 2. The van der Waals surface area contributed by atoms with Crippen molar-refractivity contribution in [3.8, 4) is 34.3 Å². The number of aryl methyl sites for hydroxylation is 1. The number of hydrogen-bond donors (Lipinski definition) is 2. The summed E-state index contributed by atoms with van der Waals surface area (Å²) in [4.78, 5) is 18.0. The maximum atomic E-state index is 14.0. The number of phenols is 1. The molecule has 8 nitrogen and oxygen atoms in total. The van der Waals surface area contributed by atoms with Gasteiger partial charge < -0.3 is 15.2 Å². The molecule has 0 atom stereocenters. The number of rotatable bonds is 6. The van der Waals surface area contributed by atoms with E-state index < -0.39 is 5.82 Å². The highest BCUT2D eigenvalue weighted by molar-refractivity contribution is 5.86. The summed E-state index contributed by atoms with van der Waals surface area (Å²) in [6.45, 7) is 6.82. The number of nitrogens with zero attached hydrogens (tertiary/aromatic N) is 5. The molecule has 5 aromatic rings. The monoisotopic (exact) mass is 528 g/mol. The van der Waals surface area contributed by atoms with E-state index in [-0.39, 0.29) is 17.1 Å². The van der Waals surface area contributed by atoms with Gasteiger partial charge in [-0.1, -0.05) is 12.1 Å². The van der Waals surface area contributed by atoms with E-state index >= 15 is 0 Å². The third kappa shape index (κ3) is 4.62. The normalized spacial score (nSPS) is 13.9. The molecule has 39 heavy (non-hydrogen) atoms. The average molecular weight is 529 g/mol. The van der Waals surface area contributed by atoms with Crippen LogP contribution in [-0.4, -0.2) is 42.8 Å². The van der Waals surface area contributed by atoms with Gasteiger partial charge in [0.05, 0.1) is 11.7 Å². The fourth-order valence-electron chi connectivity index (χ4n) is 4.86. The number of imidazole rings is 1. The van der Waals surface area contributed by atoms with Gasteiger partial charge in [0.25, 0.3) is 6.01 Å². The summed E-state index contributed by atoms with van der Waals surface area (Å²) in [6.07, 6.45) is 3.23. The van der Waals surface area contributed by atoms with Crippen LogP contribution in [0.25, 0.3) is 33.7 Å². The minimum absolute atomic E-state index is 0.0812. The molecule has 0 unspecified atom stereocenters. The average Bonchev–Trinajstić information content (AvgIpc) is 3.41. The summed E-state index contributed by atoms with van der Waals surface area (Å²) in [5, 5.41) is 13.8. The summed E-state index contributed by atoms with van der Waals surface area (Å²) in [6, 6.07) is 11.8. The van der Waals surface area contributed by atoms with Crippen LogP contribution in [0.4, 0.5) is 14.6 Å². The van der Waals surface area contributed by atoms with Crippen LogP contribution in [-0.2, 0) is 12.0 Å². The second kappa shape index (κ2) is 9.30. The number of aromatic nitrogens is 5. The molecule has 0 fully saturated rings. The lowest BCUT2D eigenvalue weighted by Gasteiger charge is -2.18. The maximum Gasteiger partial charge on any atom is 0.299 e. The minimum Gasteiger partial charge on any atom is -0.507 e. The number of hydrogen-bond acceptors (Lipinski definition) is 7. The standard InChI is InChI=1S/C29H26F2N6O2/c1-16-8-18(11-20(30)9-16)22-10-17(4-5-23(22)38)6-7-33-26-24-27(37-28(34-24)39-15-29(37,2)3)36-25(35-26)19-12-21(31)14-32-13-19/h4-5,8-14,38H,6-7,15H2,1-3H3,(H,33,35,36). The lowest BCUT2D eigenvalue weighted by molar-refractivity contribution is 0.268. The Balaban J connectivity index is 1.33. The van der Waals surface area contributed by atoms with E-state index in [1.54, 1.807) is 6.07 Å². The van der Waals surface area contributed by atoms with Gasteiger partial charge in [0.2, 0.25) is 0 Å². The van der Waals surface area contributed by atoms with E-state index in [2.05, 4.69) is 20.3 Å². The number of aromatic hydroxyl groups is 1. The summed E-state index contributed by atoms with van der Waals surface area (Å²) in [5.74, 6) is 0.0472. The van der Waals surface area contributed by atoms with Crippen molar-refractivity contribution in [2.24, 2.45) is 0 Å². The van der Waals surface area contributed by atoms with Gasteiger partial charge in [0, 0.05) is 23.9 Å². The predicted octanol–water partition coefficient (Wildman–Crippen LogP) is 5.63. The summed E-state index contributed by atoms with van der Waals surface area (Å²) >= 11 is 0. The quantitative estimate of drug-likeness (QED) is 0.295. The molecule has 0 amide bonds. The van der Waals surface area contributed by atoms with Gasteiger partial charge in [-0.2, -0.15) is 4.98 Å². The molecule has 0 radical (unpaired) electrons. The SMILES string of the molecule is Cc1cc(F)cc(-c2cc(CCNc3nc(-c4cncc(F)c4)nc4c3nc3n4C(C)(C)CO3)ccc2O)c1. The van der Waals surface area contributed by atoms with Crippen LogP contribution in [0.3, 0.4) is 0 Å². The Morgan fingerprint density at radius 3 is 2.62 bits per heavy atom. The largest absolute Gasteiger partial charge is 0.507 e. The van der Waals surface area contributed by atoms with Crippen LogP contribution < -0.4 is 10.1 Å². The molecule has 0 saturated heterocycles. The molecule has 2 aromatic carbocycles. The van der Waals surface area contributed by atoms with Crippen molar-refractivity contribution >= 4 is 17.0 Å². The van der Waals surface area contributed by atoms with E-state index in [1.807, 2.05) is 43.5 Å². The van der Waals surface area contributed by atoms with E-state index in [4.69, 9.17) is 9.72 Å². The first kappa shape index (κ1) is 24.7. The van der Waals surface area contributed by atoms with Crippen molar-refractivity contribution < 1.29 is 18.6 Å². The third-order valence-electron chi connectivity index (χ3n) is 6.72. The lowest BCUT2D eigenvalue weighted by Crippen LogP contribution is -2.25. The first-order chi connectivity index (χ1) is 18.7. The highest BCUT2D eigenvalue weighted by atomic mass is 19.1. The topological polar surface area (TPSA) is 98.0 Å². The number of phenolic OH excluding ortho intramolecular Hbond substituents is 1. The van der Waals surface area contributed by atoms with Crippen LogP contribution in [0.2, 0.25) is 0 Å². The highest BCUT2D eigenvalue weighted by Crippen LogP contribution is 2.37. The van der Waals surface area contributed by atoms with Gasteiger partial charge in [0.1, 0.15) is 24.0 Å². The number of anilines is 1. The van der Waals surface area contributed by atoms with Crippen molar-refractivity contribution in [1.82, 2.24) is 24.5 Å². The van der Waals surface area contributed by atoms with Gasteiger partial charge in [-0.15, -0.1) is 0 Å². The second-order valence-electron chi connectivity index (χ2n) is 10.3. The number of fused-ring (bicyclic) bond motifs is 3. The minimum atomic E-state index is -0.482. The van der Waals surface area contributed by atoms with Gasteiger partial charge in [0.15, 0.2) is 22.8 Å². The van der Waals surface area contributed by atoms with Crippen molar-refractivity contribution in [2.75, 3.05) is 18.5 Å². The van der Waals surface area contributed by atoms with E-state index in [1.165, 1.54) is 24.4 Å². The molecular formula is C29H26F2N6O2. The highest BCUT2D eigenvalue weighted by Gasteiger charge is 2.36. The predicted molar refractivity (Wildman–Crippen MR) is 144 cm³/mol. The van der Waals surface area contributed by atoms with Gasteiger partial charge in [-0.05, 0) is 74.2 Å². The molecule has 10 heteroatoms. The van der Waals surface area contributed by atoms with Gasteiger partial charge in [-0.25, -0.2) is 18.7 Å². The maximum absolute atomic E-state index is 14.0. The third-order valence-corrected chi connectivity index (χ3v) is 6.72. The fourth-order valence-corrected chi connectivity index (χ4v) is 4.86. The Labute approximate surface area is 223 Å². The molecule has 0 aliphatic carbocycles. The number of pyridine rings is 1. The Morgan fingerprint density at radius 2 is 1.82 bits per heavy atom. The fraction of sp³-hybridized carbons (Fsp3) is 0.241. The van der Waals surface area contributed by atoms with Crippen molar-refractivity contribution in [3.63, 3.8) is 0 Å². The second-order valence-corrected chi connectivity index (χ2v) is 10.3. The van der Waals surface area contributed by atoms with Crippen molar-refractivity contribution in [2.45, 2.75) is 32.7 Å². The zero-order valence-corrected chi connectivity index (χ0v) is 21.7. The summed E-state index contributed by atoms with van der Waals surface area (Å²) in [5.41, 5.74) is 4.09. The lowest BCUT2D eigenvalue weighted by atomic mass is 9.99. The van der Waals surface area contributed by atoms with Crippen molar-refractivity contribution in [3.05, 3.63) is 77.6 Å². The Kier molecular flexibility index (Phi) is 5.90. The van der Waals surface area contributed by atoms with E-state index in [0.717, 1.165) is 17.3 Å². The number of benzene rings is 2. The molecule has 1 aliphatic heterocycles. The molecule has 0 bridgehead atoms.